The molecule has 1 amide bonds. The Morgan fingerprint density at radius 2 is 2.10 bits per heavy atom. The number of amides is 1. The standard InChI is InChI=1S/C15H18FN3O/c1-10(2)12-8-19(18-11(12)3)9-15(20)17-14-7-5-4-6-13(14)16/h4-8,10H,9H2,1-3H3,(H,17,20). The van der Waals surface area contributed by atoms with Crippen LogP contribution in [0, 0.1) is 12.7 Å². The molecule has 1 aromatic carbocycles. The Morgan fingerprint density at radius 1 is 1.40 bits per heavy atom. The third kappa shape index (κ3) is 3.23. The fourth-order valence-electron chi connectivity index (χ4n) is 2.08. The molecule has 0 saturated carbocycles. The summed E-state index contributed by atoms with van der Waals surface area (Å²) in [6, 6.07) is 6.09. The number of hydrogen-bond acceptors (Lipinski definition) is 2. The lowest BCUT2D eigenvalue weighted by Crippen LogP contribution is -2.19. The van der Waals surface area contributed by atoms with Gasteiger partial charge in [0.25, 0.3) is 0 Å². The highest BCUT2D eigenvalue weighted by Gasteiger charge is 2.11. The first-order chi connectivity index (χ1) is 9.47. The van der Waals surface area contributed by atoms with Crippen molar-refractivity contribution in [3.8, 4) is 0 Å². The lowest BCUT2D eigenvalue weighted by atomic mass is 10.1. The van der Waals surface area contributed by atoms with Gasteiger partial charge in [-0.05, 0) is 30.5 Å². The molecule has 0 aliphatic carbocycles. The molecule has 2 aromatic rings. The molecule has 1 N–H and O–H groups in total. The van der Waals surface area contributed by atoms with Crippen LogP contribution in [-0.2, 0) is 11.3 Å². The summed E-state index contributed by atoms with van der Waals surface area (Å²) >= 11 is 0. The molecule has 0 aliphatic rings. The number of halogens is 1. The average molecular weight is 275 g/mol. The summed E-state index contributed by atoms with van der Waals surface area (Å²) < 4.78 is 15.0. The van der Waals surface area contributed by atoms with E-state index in [9.17, 15) is 9.18 Å². The van der Waals surface area contributed by atoms with Crippen molar-refractivity contribution in [1.29, 1.82) is 0 Å². The Balaban J connectivity index is 2.05. The van der Waals surface area contributed by atoms with Crippen molar-refractivity contribution in [2.24, 2.45) is 0 Å². The van der Waals surface area contributed by atoms with E-state index in [2.05, 4.69) is 24.3 Å². The minimum atomic E-state index is -0.444. The van der Waals surface area contributed by atoms with E-state index >= 15 is 0 Å². The Bertz CT molecular complexity index is 619. The van der Waals surface area contributed by atoms with Crippen molar-refractivity contribution in [3.05, 3.63) is 47.5 Å². The second kappa shape index (κ2) is 5.86. The quantitative estimate of drug-likeness (QED) is 0.932. The van der Waals surface area contributed by atoms with E-state index in [4.69, 9.17) is 0 Å². The number of aromatic nitrogens is 2. The number of carbonyl (C=O) groups is 1. The lowest BCUT2D eigenvalue weighted by Gasteiger charge is -2.06. The van der Waals surface area contributed by atoms with Gasteiger partial charge in [-0.25, -0.2) is 4.39 Å². The molecule has 1 heterocycles. The fourth-order valence-corrected chi connectivity index (χ4v) is 2.08. The largest absolute Gasteiger partial charge is 0.322 e. The van der Waals surface area contributed by atoms with Gasteiger partial charge in [-0.2, -0.15) is 5.10 Å². The molecular weight excluding hydrogens is 257 g/mol. The van der Waals surface area contributed by atoms with Crippen molar-refractivity contribution in [1.82, 2.24) is 9.78 Å². The first kappa shape index (κ1) is 14.2. The highest BCUT2D eigenvalue weighted by molar-refractivity contribution is 5.90. The van der Waals surface area contributed by atoms with Gasteiger partial charge < -0.3 is 5.32 Å². The van der Waals surface area contributed by atoms with E-state index in [1.54, 1.807) is 16.8 Å². The van der Waals surface area contributed by atoms with Gasteiger partial charge in [-0.1, -0.05) is 26.0 Å². The summed E-state index contributed by atoms with van der Waals surface area (Å²) in [5.74, 6) is -0.383. The van der Waals surface area contributed by atoms with Crippen LogP contribution < -0.4 is 5.32 Å². The molecule has 0 spiro atoms. The molecule has 0 bridgehead atoms. The van der Waals surface area contributed by atoms with Crippen LogP contribution in [0.2, 0.25) is 0 Å². The van der Waals surface area contributed by atoms with Crippen molar-refractivity contribution < 1.29 is 9.18 Å². The van der Waals surface area contributed by atoms with Gasteiger partial charge in [0.1, 0.15) is 12.4 Å². The number of carbonyl (C=O) groups excluding carboxylic acids is 1. The van der Waals surface area contributed by atoms with Crippen LogP contribution in [-0.4, -0.2) is 15.7 Å². The monoisotopic (exact) mass is 275 g/mol. The summed E-state index contributed by atoms with van der Waals surface area (Å²) in [4.78, 5) is 11.9. The summed E-state index contributed by atoms with van der Waals surface area (Å²) in [6.45, 7) is 6.14. The molecule has 20 heavy (non-hydrogen) atoms. The van der Waals surface area contributed by atoms with Crippen LogP contribution in [0.4, 0.5) is 10.1 Å². The SMILES string of the molecule is Cc1nn(CC(=O)Nc2ccccc2F)cc1C(C)C. The van der Waals surface area contributed by atoms with E-state index in [1.807, 2.05) is 13.1 Å². The van der Waals surface area contributed by atoms with Crippen molar-refractivity contribution in [3.63, 3.8) is 0 Å². The van der Waals surface area contributed by atoms with Gasteiger partial charge in [0.2, 0.25) is 5.91 Å². The first-order valence-electron chi connectivity index (χ1n) is 6.55. The third-order valence-electron chi connectivity index (χ3n) is 3.06. The summed E-state index contributed by atoms with van der Waals surface area (Å²) in [6.07, 6.45) is 1.86. The number of hydrogen-bond donors (Lipinski definition) is 1. The van der Waals surface area contributed by atoms with Crippen LogP contribution >= 0.6 is 0 Å². The Hall–Kier alpha value is -2.17. The third-order valence-corrected chi connectivity index (χ3v) is 3.06. The molecule has 0 radical (unpaired) electrons. The molecule has 0 unspecified atom stereocenters. The van der Waals surface area contributed by atoms with Crippen molar-refractivity contribution >= 4 is 11.6 Å². The van der Waals surface area contributed by atoms with Gasteiger partial charge in [-0.3, -0.25) is 9.48 Å². The number of benzene rings is 1. The van der Waals surface area contributed by atoms with Crippen LogP contribution in [0.1, 0.15) is 31.0 Å². The Morgan fingerprint density at radius 3 is 2.70 bits per heavy atom. The summed E-state index contributed by atoms with van der Waals surface area (Å²) in [5, 5.41) is 6.84. The molecule has 2 rings (SSSR count). The second-order valence-electron chi connectivity index (χ2n) is 5.05. The topological polar surface area (TPSA) is 46.9 Å². The highest BCUT2D eigenvalue weighted by atomic mass is 19.1. The summed E-state index contributed by atoms with van der Waals surface area (Å²) in [7, 11) is 0. The minimum absolute atomic E-state index is 0.0713. The molecular formula is C15H18FN3O. The van der Waals surface area contributed by atoms with Crippen LogP contribution in [0.15, 0.2) is 30.5 Å². The van der Waals surface area contributed by atoms with Gasteiger partial charge in [-0.15, -0.1) is 0 Å². The van der Waals surface area contributed by atoms with E-state index in [-0.39, 0.29) is 18.1 Å². The highest BCUT2D eigenvalue weighted by Crippen LogP contribution is 2.17. The average Bonchev–Trinajstić information content (AvgIpc) is 2.73. The maximum atomic E-state index is 13.4. The minimum Gasteiger partial charge on any atom is -0.322 e. The maximum absolute atomic E-state index is 13.4. The normalized spacial score (nSPS) is 10.8. The predicted molar refractivity (Wildman–Crippen MR) is 76.1 cm³/mol. The van der Waals surface area contributed by atoms with E-state index in [1.165, 1.54) is 12.1 Å². The molecule has 0 fully saturated rings. The van der Waals surface area contributed by atoms with Gasteiger partial charge in [0.05, 0.1) is 11.4 Å². The Labute approximate surface area is 117 Å². The number of rotatable bonds is 4. The van der Waals surface area contributed by atoms with Gasteiger partial charge >= 0.3 is 0 Å². The van der Waals surface area contributed by atoms with E-state index in [0.717, 1.165) is 11.3 Å². The second-order valence-corrected chi connectivity index (χ2v) is 5.05. The zero-order chi connectivity index (χ0) is 14.7. The number of nitrogens with one attached hydrogen (secondary N) is 1. The first-order valence-corrected chi connectivity index (χ1v) is 6.55. The molecule has 5 heteroatoms. The number of para-hydroxylation sites is 1. The van der Waals surface area contributed by atoms with Gasteiger partial charge in [0.15, 0.2) is 0 Å². The van der Waals surface area contributed by atoms with Crippen molar-refractivity contribution in [2.75, 3.05) is 5.32 Å². The smallest absolute Gasteiger partial charge is 0.246 e. The zero-order valence-electron chi connectivity index (χ0n) is 11.9. The van der Waals surface area contributed by atoms with Crippen LogP contribution in [0.25, 0.3) is 0 Å². The molecule has 4 nitrogen and oxygen atoms in total. The number of anilines is 1. The number of nitrogens with zero attached hydrogens (tertiary/aromatic N) is 2. The molecule has 106 valence electrons. The van der Waals surface area contributed by atoms with Crippen LogP contribution in [0.5, 0.6) is 0 Å². The van der Waals surface area contributed by atoms with E-state index < -0.39 is 5.82 Å². The molecule has 1 aromatic heterocycles. The molecule has 0 saturated heterocycles. The molecule has 0 atom stereocenters. The number of aryl methyl sites for hydroxylation is 1. The maximum Gasteiger partial charge on any atom is 0.246 e. The zero-order valence-corrected chi connectivity index (χ0v) is 11.9. The fraction of sp³-hybridized carbons (Fsp3) is 0.333. The van der Waals surface area contributed by atoms with E-state index in [0.29, 0.717) is 5.92 Å². The predicted octanol–water partition coefficient (Wildman–Crippen LogP) is 3.09. The van der Waals surface area contributed by atoms with Gasteiger partial charge in [0, 0.05) is 6.20 Å². The lowest BCUT2D eigenvalue weighted by molar-refractivity contribution is -0.116. The van der Waals surface area contributed by atoms with Crippen molar-refractivity contribution in [2.45, 2.75) is 33.2 Å². The summed E-state index contributed by atoms with van der Waals surface area (Å²) in [5.41, 5.74) is 2.22. The molecule has 0 aliphatic heterocycles. The van der Waals surface area contributed by atoms with Crippen LogP contribution in [0.3, 0.4) is 0 Å². The Kier molecular flexibility index (Phi) is 4.17.